The van der Waals surface area contributed by atoms with Crippen LogP contribution in [0.2, 0.25) is 0 Å². The van der Waals surface area contributed by atoms with Crippen LogP contribution in [-0.4, -0.2) is 0 Å². The van der Waals surface area contributed by atoms with Gasteiger partial charge in [0.25, 0.3) is 0 Å². The van der Waals surface area contributed by atoms with E-state index < -0.39 is 0 Å². The van der Waals surface area contributed by atoms with Gasteiger partial charge in [0.15, 0.2) is 0 Å². The molecule has 8 aromatic rings. The van der Waals surface area contributed by atoms with Crippen LogP contribution in [0.4, 0.5) is 0 Å². The zero-order valence-electron chi connectivity index (χ0n) is 48.6. The molecule has 0 fully saturated rings. The van der Waals surface area contributed by atoms with Crippen LogP contribution < -0.4 is 0 Å². The van der Waals surface area contributed by atoms with Gasteiger partial charge in [-0.2, -0.15) is 0 Å². The van der Waals surface area contributed by atoms with E-state index in [1.807, 2.05) is 0 Å². The highest BCUT2D eigenvalue weighted by Crippen LogP contribution is 2.45. The first-order valence-electron chi connectivity index (χ1n) is 30.2. The molecule has 0 radical (unpaired) electrons. The Morgan fingerprint density at radius 1 is 0.284 bits per heavy atom. The van der Waals surface area contributed by atoms with Crippen LogP contribution in [-0.2, 0) is 25.7 Å². The first-order valence-corrected chi connectivity index (χ1v) is 31.8. The predicted molar refractivity (Wildman–Crippen MR) is 340 cm³/mol. The topological polar surface area (TPSA) is 0 Å². The molecule has 0 aliphatic heterocycles. The fraction of sp³-hybridized carbons (Fsp3) is 0.556. The Labute approximate surface area is 468 Å². The Morgan fingerprint density at radius 2 is 0.662 bits per heavy atom. The van der Waals surface area contributed by atoms with E-state index in [4.69, 9.17) is 0 Å². The number of rotatable bonds is 28. The van der Waals surface area contributed by atoms with Crippen molar-refractivity contribution >= 4 is 96.5 Å². The third-order valence-corrected chi connectivity index (χ3v) is 18.7. The first kappa shape index (κ1) is 58.5. The van der Waals surface area contributed by atoms with E-state index in [0.717, 1.165) is 60.2 Å². The van der Waals surface area contributed by atoms with Crippen LogP contribution in [0.15, 0.2) is 93.9 Å². The highest BCUT2D eigenvalue weighted by Gasteiger charge is 2.20. The smallest absolute Gasteiger partial charge is 0.0257 e. The van der Waals surface area contributed by atoms with Crippen molar-refractivity contribution < 1.29 is 0 Å². The molecule has 0 N–H and O–H groups in total. The average molecular weight is 1120 g/mol. The third-order valence-electron chi connectivity index (χ3n) is 17.3. The van der Waals surface area contributed by atoms with Crippen LogP contribution in [0.3, 0.4) is 0 Å². The maximum atomic E-state index is 4.03. The Hall–Kier alpha value is -3.20. The van der Waals surface area contributed by atoms with E-state index in [1.54, 1.807) is 5.56 Å². The van der Waals surface area contributed by atoms with Crippen molar-refractivity contribution in [3.8, 4) is 0 Å². The highest BCUT2D eigenvalue weighted by molar-refractivity contribution is 9.11. The van der Waals surface area contributed by atoms with Crippen LogP contribution in [0, 0.1) is 47.3 Å². The van der Waals surface area contributed by atoms with Crippen LogP contribution >= 0.6 is 31.9 Å². The molecule has 0 nitrogen and oxygen atoms in total. The quantitative estimate of drug-likeness (QED) is 0.0429. The molecule has 2 heteroatoms. The summed E-state index contributed by atoms with van der Waals surface area (Å²) in [6.07, 6.45) is 26.1. The molecule has 4 unspecified atom stereocenters. The van der Waals surface area contributed by atoms with Gasteiger partial charge in [-0.15, -0.1) is 0 Å². The van der Waals surface area contributed by atoms with Crippen molar-refractivity contribution in [3.63, 3.8) is 0 Å². The maximum Gasteiger partial charge on any atom is 0.0257 e. The summed E-state index contributed by atoms with van der Waals surface area (Å²) in [4.78, 5) is 0. The number of benzene rings is 8. The van der Waals surface area contributed by atoms with E-state index >= 15 is 0 Å². The van der Waals surface area contributed by atoms with Crippen molar-refractivity contribution in [1.82, 2.24) is 0 Å². The number of aryl methyl sites for hydroxylation is 4. The van der Waals surface area contributed by atoms with Crippen molar-refractivity contribution in [2.24, 2.45) is 47.3 Å². The van der Waals surface area contributed by atoms with E-state index in [-0.39, 0.29) is 0 Å². The minimum absolute atomic E-state index is 0.770. The van der Waals surface area contributed by atoms with E-state index in [1.165, 1.54) is 206 Å². The summed E-state index contributed by atoms with van der Waals surface area (Å²) in [5.41, 5.74) is 6.08. The van der Waals surface area contributed by atoms with Gasteiger partial charge in [-0.3, -0.25) is 0 Å². The molecule has 0 bridgehead atoms. The van der Waals surface area contributed by atoms with E-state index in [0.29, 0.717) is 0 Å². The molecular weight excluding hydrogens is 1020 g/mol. The van der Waals surface area contributed by atoms with Gasteiger partial charge < -0.3 is 0 Å². The van der Waals surface area contributed by atoms with Gasteiger partial charge in [-0.1, -0.05) is 259 Å². The van der Waals surface area contributed by atoms with Crippen molar-refractivity contribution in [3.05, 3.63) is 116 Å². The SMILES string of the molecule is CC(C)CCCC(C)CCc1cc2c(Br)cc(CCC(C)CCCC(C)C)c3ccc4c(Br)ccc1c4c23.CC(C)CCCC(C)CCc1cc2ccc(CCC(C)CCCC(C)C)c3ccc4cccc1c4c23. The summed E-state index contributed by atoms with van der Waals surface area (Å²) in [5, 5.41) is 17.3. The average Bonchev–Trinajstić information content (AvgIpc) is 3.35. The lowest BCUT2D eigenvalue weighted by Crippen LogP contribution is -2.02. The number of hydrogen-bond acceptors (Lipinski definition) is 0. The fourth-order valence-corrected chi connectivity index (χ4v) is 13.6. The molecule has 4 atom stereocenters. The molecule has 8 aromatic carbocycles. The fourth-order valence-electron chi connectivity index (χ4n) is 12.5. The van der Waals surface area contributed by atoms with Gasteiger partial charge in [0, 0.05) is 8.95 Å². The zero-order valence-corrected chi connectivity index (χ0v) is 51.8. The molecule has 0 saturated heterocycles. The van der Waals surface area contributed by atoms with Crippen molar-refractivity contribution in [2.45, 2.75) is 212 Å². The molecule has 8 rings (SSSR count). The second-order valence-electron chi connectivity index (χ2n) is 25.9. The third kappa shape index (κ3) is 15.5. The molecule has 0 aromatic heterocycles. The predicted octanol–water partition coefficient (Wildman–Crippen LogP) is 24.3. The molecule has 0 aliphatic rings. The maximum absolute atomic E-state index is 4.03. The summed E-state index contributed by atoms with van der Waals surface area (Å²) in [6.45, 7) is 28.5. The van der Waals surface area contributed by atoms with Gasteiger partial charge in [0.05, 0.1) is 0 Å². The van der Waals surface area contributed by atoms with Gasteiger partial charge >= 0.3 is 0 Å². The molecule has 0 spiro atoms. The second-order valence-corrected chi connectivity index (χ2v) is 27.6. The number of hydrogen-bond donors (Lipinski definition) is 0. The van der Waals surface area contributed by atoms with Crippen molar-refractivity contribution in [2.75, 3.05) is 0 Å². The summed E-state index contributed by atoms with van der Waals surface area (Å²) >= 11 is 7.90. The van der Waals surface area contributed by atoms with Gasteiger partial charge in [-0.05, 0) is 204 Å². The van der Waals surface area contributed by atoms with Gasteiger partial charge in [-0.25, -0.2) is 0 Å². The Bertz CT molecular complexity index is 2960. The lowest BCUT2D eigenvalue weighted by molar-refractivity contribution is 0.437. The molecule has 74 heavy (non-hydrogen) atoms. The first-order chi connectivity index (χ1) is 35.5. The van der Waals surface area contributed by atoms with E-state index in [2.05, 4.69) is 200 Å². The second kappa shape index (κ2) is 27.9. The molecular formula is C72H98Br2. The standard InChI is InChI=1S/C36H48Br2.C36H50/c1-23(2)9-7-11-25(5)13-15-27-21-32-34(38)22-28(16-14-26(6)12-8-10-24(3)4)29-17-18-31-33(37)20-19-30(27)35(31)36(29)32;1-25(2)10-7-12-27(5)16-18-29-20-21-32-24-31(19-17-28(6)13-8-11-26(3)4)33-15-9-14-30-22-23-34(29)36(32)35(30)33/h17-26H,7-16H2,1-6H3;9,14-15,20-28H,7-8,10-13,16-19H2,1-6H3. The lowest BCUT2D eigenvalue weighted by Gasteiger charge is -2.20. The molecule has 0 amide bonds. The Kier molecular flexibility index (Phi) is 22.1. The summed E-state index contributed by atoms with van der Waals surface area (Å²) in [5.74, 6) is 6.42. The highest BCUT2D eigenvalue weighted by atomic mass is 79.9. The molecule has 400 valence electrons. The largest absolute Gasteiger partial charge is 0.0628 e. The lowest BCUT2D eigenvalue weighted by atomic mass is 9.85. The normalized spacial score (nSPS) is 14.1. The van der Waals surface area contributed by atoms with Crippen LogP contribution in [0.25, 0.3) is 64.6 Å². The summed E-state index contributed by atoms with van der Waals surface area (Å²) in [6, 6.07) is 33.4. The molecule has 0 aliphatic carbocycles. The van der Waals surface area contributed by atoms with E-state index in [9.17, 15) is 0 Å². The number of halogens is 2. The van der Waals surface area contributed by atoms with Crippen LogP contribution in [0.1, 0.15) is 208 Å². The Morgan fingerprint density at radius 3 is 1.18 bits per heavy atom. The van der Waals surface area contributed by atoms with Crippen LogP contribution in [0.5, 0.6) is 0 Å². The van der Waals surface area contributed by atoms with Gasteiger partial charge in [0.2, 0.25) is 0 Å². The Balaban J connectivity index is 0.000000217. The minimum atomic E-state index is 0.770. The summed E-state index contributed by atoms with van der Waals surface area (Å²) in [7, 11) is 0. The summed E-state index contributed by atoms with van der Waals surface area (Å²) < 4.78 is 2.46. The van der Waals surface area contributed by atoms with Gasteiger partial charge in [0.1, 0.15) is 0 Å². The van der Waals surface area contributed by atoms with Crippen molar-refractivity contribution in [1.29, 1.82) is 0 Å². The minimum Gasteiger partial charge on any atom is -0.0628 e. The monoisotopic (exact) mass is 1120 g/mol. The molecule has 0 saturated carbocycles. The zero-order chi connectivity index (χ0) is 53.1. The molecule has 0 heterocycles.